The van der Waals surface area contributed by atoms with Gasteiger partial charge >= 0.3 is 5.82 Å². The summed E-state index contributed by atoms with van der Waals surface area (Å²) >= 11 is 0. The molecular formula is C8H13ClN4O4S. The van der Waals surface area contributed by atoms with Gasteiger partial charge in [0.15, 0.2) is 0 Å². The topological polar surface area (TPSA) is 98.3 Å². The van der Waals surface area contributed by atoms with Crippen molar-refractivity contribution >= 4 is 25.6 Å². The molecule has 0 saturated carbocycles. The fourth-order valence-corrected chi connectivity index (χ4v) is 2.26. The van der Waals surface area contributed by atoms with E-state index in [2.05, 4.69) is 5.10 Å². The molecule has 0 fully saturated rings. The molecule has 18 heavy (non-hydrogen) atoms. The van der Waals surface area contributed by atoms with E-state index >= 15 is 0 Å². The fraction of sp³-hybridized carbons (Fsp3) is 0.625. The van der Waals surface area contributed by atoms with Crippen LogP contribution in [0.1, 0.15) is 6.42 Å². The van der Waals surface area contributed by atoms with Gasteiger partial charge in [0.25, 0.3) is 9.05 Å². The number of nitrogens with zero attached hydrogens (tertiary/aromatic N) is 4. The summed E-state index contributed by atoms with van der Waals surface area (Å²) in [4.78, 5) is 11.2. The summed E-state index contributed by atoms with van der Waals surface area (Å²) in [6.07, 6.45) is 1.77. The first-order valence-corrected chi connectivity index (χ1v) is 7.34. The van der Waals surface area contributed by atoms with Crippen molar-refractivity contribution in [3.63, 3.8) is 0 Å². The van der Waals surface area contributed by atoms with E-state index in [0.717, 1.165) is 12.7 Å². The third kappa shape index (κ3) is 3.93. The van der Waals surface area contributed by atoms with Gasteiger partial charge in [-0.3, -0.25) is 0 Å². The zero-order chi connectivity index (χ0) is 13.9. The van der Waals surface area contributed by atoms with Crippen molar-refractivity contribution in [1.29, 1.82) is 0 Å². The number of halogens is 1. The Morgan fingerprint density at radius 1 is 1.56 bits per heavy atom. The van der Waals surface area contributed by atoms with Gasteiger partial charge in [-0.15, -0.1) is 0 Å². The molecule has 0 saturated heterocycles. The Morgan fingerprint density at radius 3 is 2.56 bits per heavy atom. The molecule has 0 amide bonds. The quantitative estimate of drug-likeness (QED) is 0.435. The molecular weight excluding hydrogens is 284 g/mol. The van der Waals surface area contributed by atoms with Crippen molar-refractivity contribution in [2.24, 2.45) is 0 Å². The standard InChI is InChI=1S/C8H13ClN4O4S/c1-11(2)4-3-5-12-6-7(18(9,16)17)8(10-12)13(14)15/h6H,3-5H2,1-2H3. The van der Waals surface area contributed by atoms with Crippen molar-refractivity contribution in [1.82, 2.24) is 14.7 Å². The summed E-state index contributed by atoms with van der Waals surface area (Å²) in [6, 6.07) is 0. The summed E-state index contributed by atoms with van der Waals surface area (Å²) in [5.41, 5.74) is 0. The van der Waals surface area contributed by atoms with Gasteiger partial charge in [-0.1, -0.05) is 0 Å². The molecule has 1 heterocycles. The first-order valence-electron chi connectivity index (χ1n) is 5.03. The minimum absolute atomic E-state index is 0.380. The zero-order valence-corrected chi connectivity index (χ0v) is 11.5. The van der Waals surface area contributed by atoms with Crippen LogP contribution in [-0.2, 0) is 15.6 Å². The van der Waals surface area contributed by atoms with Gasteiger partial charge in [-0.25, -0.2) is 8.42 Å². The lowest BCUT2D eigenvalue weighted by molar-refractivity contribution is -0.392. The summed E-state index contributed by atoms with van der Waals surface area (Å²) in [6.45, 7) is 1.14. The maximum Gasteiger partial charge on any atom is 0.410 e. The molecule has 0 aliphatic heterocycles. The summed E-state index contributed by atoms with van der Waals surface area (Å²) < 4.78 is 23.5. The lowest BCUT2D eigenvalue weighted by Gasteiger charge is -2.07. The lowest BCUT2D eigenvalue weighted by Crippen LogP contribution is -2.15. The normalized spacial score (nSPS) is 12.0. The number of aromatic nitrogens is 2. The highest BCUT2D eigenvalue weighted by Crippen LogP contribution is 2.24. The van der Waals surface area contributed by atoms with Crippen LogP contribution in [0.3, 0.4) is 0 Å². The Morgan fingerprint density at radius 2 is 2.17 bits per heavy atom. The minimum atomic E-state index is -4.16. The van der Waals surface area contributed by atoms with Crippen molar-refractivity contribution < 1.29 is 13.3 Å². The monoisotopic (exact) mass is 296 g/mol. The average molecular weight is 297 g/mol. The van der Waals surface area contributed by atoms with Crippen LogP contribution in [0, 0.1) is 10.1 Å². The molecule has 1 aromatic rings. The molecule has 102 valence electrons. The smallest absolute Gasteiger partial charge is 0.358 e. The van der Waals surface area contributed by atoms with Crippen LogP contribution < -0.4 is 0 Å². The summed E-state index contributed by atoms with van der Waals surface area (Å²) in [5, 5.41) is 14.3. The Bertz CT molecular complexity index is 539. The second-order valence-electron chi connectivity index (χ2n) is 3.93. The first kappa shape index (κ1) is 14.9. The number of nitro groups is 1. The van der Waals surface area contributed by atoms with E-state index in [9.17, 15) is 18.5 Å². The Balaban J connectivity index is 2.93. The molecule has 0 radical (unpaired) electrons. The molecule has 1 aromatic heterocycles. The van der Waals surface area contributed by atoms with Crippen molar-refractivity contribution in [3.05, 3.63) is 16.3 Å². The summed E-state index contributed by atoms with van der Waals surface area (Å²) in [7, 11) is 4.73. The third-order valence-electron chi connectivity index (χ3n) is 2.14. The molecule has 0 unspecified atom stereocenters. The van der Waals surface area contributed by atoms with E-state index in [-0.39, 0.29) is 0 Å². The SMILES string of the molecule is CN(C)CCCn1cc(S(=O)(=O)Cl)c([N+](=O)[O-])n1. The van der Waals surface area contributed by atoms with Crippen LogP contribution in [0.15, 0.2) is 11.1 Å². The Hall–Kier alpha value is -1.19. The van der Waals surface area contributed by atoms with Crippen LogP contribution in [-0.4, -0.2) is 48.7 Å². The number of rotatable bonds is 6. The van der Waals surface area contributed by atoms with Gasteiger partial charge in [-0.05, 0) is 32.0 Å². The van der Waals surface area contributed by atoms with Crippen molar-refractivity contribution in [2.75, 3.05) is 20.6 Å². The molecule has 0 aliphatic carbocycles. The fourth-order valence-electron chi connectivity index (χ4n) is 1.35. The number of hydrogen-bond donors (Lipinski definition) is 0. The second kappa shape index (κ2) is 5.63. The first-order chi connectivity index (χ1) is 8.21. The Kier molecular flexibility index (Phi) is 4.65. The van der Waals surface area contributed by atoms with Crippen LogP contribution in [0.2, 0.25) is 0 Å². The van der Waals surface area contributed by atoms with Gasteiger partial charge in [0.2, 0.25) is 4.90 Å². The van der Waals surface area contributed by atoms with Gasteiger partial charge in [0.05, 0.1) is 17.8 Å². The molecule has 10 heteroatoms. The van der Waals surface area contributed by atoms with Gasteiger partial charge in [-0.2, -0.15) is 4.68 Å². The van der Waals surface area contributed by atoms with Crippen LogP contribution >= 0.6 is 10.7 Å². The highest BCUT2D eigenvalue weighted by molar-refractivity contribution is 8.13. The van der Waals surface area contributed by atoms with E-state index in [1.165, 1.54) is 4.68 Å². The second-order valence-corrected chi connectivity index (χ2v) is 6.47. The van der Waals surface area contributed by atoms with E-state index in [1.807, 2.05) is 19.0 Å². The zero-order valence-electron chi connectivity index (χ0n) is 9.91. The molecule has 0 aromatic carbocycles. The van der Waals surface area contributed by atoms with Crippen molar-refractivity contribution in [3.8, 4) is 0 Å². The molecule has 0 bridgehead atoms. The highest BCUT2D eigenvalue weighted by Gasteiger charge is 2.29. The predicted octanol–water partition coefficient (Wildman–Crippen LogP) is 0.670. The van der Waals surface area contributed by atoms with E-state index in [0.29, 0.717) is 13.0 Å². The molecule has 0 aliphatic rings. The highest BCUT2D eigenvalue weighted by atomic mass is 35.7. The van der Waals surface area contributed by atoms with Gasteiger partial charge in [0, 0.05) is 10.7 Å². The molecule has 1 rings (SSSR count). The maximum atomic E-state index is 11.2. The van der Waals surface area contributed by atoms with E-state index < -0.39 is 24.7 Å². The summed E-state index contributed by atoms with van der Waals surface area (Å²) in [5.74, 6) is -0.741. The van der Waals surface area contributed by atoms with Gasteiger partial charge < -0.3 is 15.0 Å². The molecule has 0 N–H and O–H groups in total. The number of aryl methyl sites for hydroxylation is 1. The van der Waals surface area contributed by atoms with Crippen LogP contribution in [0.4, 0.5) is 5.82 Å². The average Bonchev–Trinajstić information content (AvgIpc) is 2.60. The predicted molar refractivity (Wildman–Crippen MR) is 65.1 cm³/mol. The molecule has 0 atom stereocenters. The molecule has 0 spiro atoms. The van der Waals surface area contributed by atoms with E-state index in [4.69, 9.17) is 10.7 Å². The largest absolute Gasteiger partial charge is 0.410 e. The Labute approximate surface area is 109 Å². The van der Waals surface area contributed by atoms with E-state index in [1.54, 1.807) is 0 Å². The van der Waals surface area contributed by atoms with Crippen molar-refractivity contribution in [2.45, 2.75) is 17.9 Å². The lowest BCUT2D eigenvalue weighted by atomic mass is 10.4. The number of hydrogen-bond acceptors (Lipinski definition) is 6. The maximum absolute atomic E-state index is 11.2. The van der Waals surface area contributed by atoms with Gasteiger partial charge in [0.1, 0.15) is 0 Å². The molecule has 8 nitrogen and oxygen atoms in total. The third-order valence-corrected chi connectivity index (χ3v) is 3.45. The van der Waals surface area contributed by atoms with Crippen LogP contribution in [0.25, 0.3) is 0 Å². The minimum Gasteiger partial charge on any atom is -0.358 e. The van der Waals surface area contributed by atoms with Crippen LogP contribution in [0.5, 0.6) is 0 Å².